The van der Waals surface area contributed by atoms with E-state index in [4.69, 9.17) is 0 Å². The van der Waals surface area contributed by atoms with Gasteiger partial charge in [-0.15, -0.1) is 0 Å². The van der Waals surface area contributed by atoms with E-state index in [1.54, 1.807) is 0 Å². The summed E-state index contributed by atoms with van der Waals surface area (Å²) in [5.41, 5.74) is 0. The van der Waals surface area contributed by atoms with Crippen LogP contribution < -0.4 is 0 Å². The van der Waals surface area contributed by atoms with E-state index in [1.165, 1.54) is 135 Å². The second-order valence-corrected chi connectivity index (χ2v) is 9.56. The molecule has 0 N–H and O–H groups in total. The summed E-state index contributed by atoms with van der Waals surface area (Å²) in [5.74, 6) is 0.407. The molecule has 1 amide bonds. The topological polar surface area (TPSA) is 20.3 Å². The number of carbonyl (C=O) groups is 1. The molecule has 0 aromatic heterocycles. The second-order valence-electron chi connectivity index (χ2n) is 9.56. The highest BCUT2D eigenvalue weighted by atomic mass is 16.2. The summed E-state index contributed by atoms with van der Waals surface area (Å²) in [6.45, 7) is 4.32. The van der Waals surface area contributed by atoms with Crippen LogP contribution in [0.15, 0.2) is 0 Å². The van der Waals surface area contributed by atoms with Gasteiger partial charge in [0.1, 0.15) is 0 Å². The molecule has 0 bridgehead atoms. The van der Waals surface area contributed by atoms with Gasteiger partial charge in [-0.25, -0.2) is 0 Å². The molecule has 0 spiro atoms. The summed E-state index contributed by atoms with van der Waals surface area (Å²) in [6, 6.07) is 0. The molecule has 1 aliphatic rings. The summed E-state index contributed by atoms with van der Waals surface area (Å²) >= 11 is 0. The molecule has 1 rings (SSSR count). The average molecular weight is 408 g/mol. The van der Waals surface area contributed by atoms with Crippen LogP contribution in [0.25, 0.3) is 0 Å². The fourth-order valence-corrected chi connectivity index (χ4v) is 4.66. The number of rotatable bonds is 21. The standard InChI is InChI=1S/C27H53NO/c1-2-3-4-5-6-7-8-9-10-11-12-13-14-15-16-17-18-19-20-21-24-27(29)28-25-22-23-26-28/h2-26H2,1H3. The van der Waals surface area contributed by atoms with Crippen molar-refractivity contribution >= 4 is 5.91 Å². The predicted molar refractivity (Wildman–Crippen MR) is 128 cm³/mol. The van der Waals surface area contributed by atoms with Crippen LogP contribution in [0.5, 0.6) is 0 Å². The largest absolute Gasteiger partial charge is 0.343 e. The van der Waals surface area contributed by atoms with E-state index in [0.29, 0.717) is 5.91 Å². The van der Waals surface area contributed by atoms with Crippen LogP contribution >= 0.6 is 0 Å². The molecule has 0 atom stereocenters. The zero-order valence-corrected chi connectivity index (χ0v) is 20.0. The van der Waals surface area contributed by atoms with Crippen LogP contribution in [0.1, 0.15) is 155 Å². The van der Waals surface area contributed by atoms with E-state index in [-0.39, 0.29) is 0 Å². The van der Waals surface area contributed by atoms with Crippen LogP contribution in [-0.2, 0) is 4.79 Å². The SMILES string of the molecule is CCCCCCCCCCCCCCCCCCCCCCC(=O)N1CCCC1. The van der Waals surface area contributed by atoms with Crippen molar-refractivity contribution in [1.29, 1.82) is 0 Å². The van der Waals surface area contributed by atoms with Crippen molar-refractivity contribution in [2.24, 2.45) is 0 Å². The van der Waals surface area contributed by atoms with Crippen molar-refractivity contribution in [3.8, 4) is 0 Å². The molecule has 2 nitrogen and oxygen atoms in total. The van der Waals surface area contributed by atoms with Gasteiger partial charge in [-0.05, 0) is 19.3 Å². The lowest BCUT2D eigenvalue weighted by molar-refractivity contribution is -0.130. The lowest BCUT2D eigenvalue weighted by Crippen LogP contribution is -2.27. The first-order valence-corrected chi connectivity index (χ1v) is 13.6. The van der Waals surface area contributed by atoms with E-state index in [1.807, 2.05) is 0 Å². The molecule has 1 saturated heterocycles. The lowest BCUT2D eigenvalue weighted by Gasteiger charge is -2.14. The Labute approximate surface area is 183 Å². The van der Waals surface area contributed by atoms with Crippen molar-refractivity contribution in [1.82, 2.24) is 4.90 Å². The average Bonchev–Trinajstić information content (AvgIpc) is 3.27. The smallest absolute Gasteiger partial charge is 0.222 e. The number of nitrogens with zero attached hydrogens (tertiary/aromatic N) is 1. The van der Waals surface area contributed by atoms with Gasteiger partial charge in [0, 0.05) is 19.5 Å². The number of amides is 1. The third-order valence-electron chi connectivity index (χ3n) is 6.70. The third-order valence-corrected chi connectivity index (χ3v) is 6.70. The monoisotopic (exact) mass is 407 g/mol. The van der Waals surface area contributed by atoms with Crippen LogP contribution in [0.4, 0.5) is 0 Å². The Kier molecular flexibility index (Phi) is 18.9. The molecule has 1 aliphatic heterocycles. The first kappa shape index (κ1) is 26.5. The summed E-state index contributed by atoms with van der Waals surface area (Å²) < 4.78 is 0. The third kappa shape index (κ3) is 16.9. The maximum absolute atomic E-state index is 12.0. The van der Waals surface area contributed by atoms with Crippen molar-refractivity contribution in [3.05, 3.63) is 0 Å². The van der Waals surface area contributed by atoms with Gasteiger partial charge in [0.05, 0.1) is 0 Å². The highest BCUT2D eigenvalue weighted by Gasteiger charge is 2.16. The molecule has 2 heteroatoms. The Morgan fingerprint density at radius 3 is 1.17 bits per heavy atom. The van der Waals surface area contributed by atoms with Crippen molar-refractivity contribution in [2.75, 3.05) is 13.1 Å². The second kappa shape index (κ2) is 20.7. The number of carbonyl (C=O) groups excluding carboxylic acids is 1. The predicted octanol–water partition coefficient (Wildman–Crippen LogP) is 8.82. The quantitative estimate of drug-likeness (QED) is 0.174. The molecule has 1 heterocycles. The van der Waals surface area contributed by atoms with E-state index < -0.39 is 0 Å². The van der Waals surface area contributed by atoms with Crippen LogP contribution in [-0.4, -0.2) is 23.9 Å². The molecule has 29 heavy (non-hydrogen) atoms. The summed E-state index contributed by atoms with van der Waals surface area (Å²) in [6.07, 6.45) is 31.4. The van der Waals surface area contributed by atoms with Gasteiger partial charge in [-0.1, -0.05) is 129 Å². The Hall–Kier alpha value is -0.530. The van der Waals surface area contributed by atoms with E-state index in [2.05, 4.69) is 11.8 Å². The normalized spacial score (nSPS) is 14.0. The fourth-order valence-electron chi connectivity index (χ4n) is 4.66. The Bertz CT molecular complexity index is 348. The van der Waals surface area contributed by atoms with Crippen LogP contribution in [0.2, 0.25) is 0 Å². The van der Waals surface area contributed by atoms with E-state index in [9.17, 15) is 4.79 Å². The summed E-state index contributed by atoms with van der Waals surface area (Å²) in [5, 5.41) is 0. The van der Waals surface area contributed by atoms with Gasteiger partial charge in [-0.3, -0.25) is 4.79 Å². The minimum atomic E-state index is 0.407. The van der Waals surface area contributed by atoms with Crippen LogP contribution in [0, 0.1) is 0 Å². The molecule has 0 aromatic carbocycles. The molecular weight excluding hydrogens is 354 g/mol. The van der Waals surface area contributed by atoms with Crippen LogP contribution in [0.3, 0.4) is 0 Å². The molecule has 1 fully saturated rings. The highest BCUT2D eigenvalue weighted by Crippen LogP contribution is 2.16. The number of unbranched alkanes of at least 4 members (excludes halogenated alkanes) is 19. The van der Waals surface area contributed by atoms with Crippen molar-refractivity contribution < 1.29 is 4.79 Å². The van der Waals surface area contributed by atoms with Gasteiger partial charge in [0.2, 0.25) is 5.91 Å². The zero-order chi connectivity index (χ0) is 20.8. The van der Waals surface area contributed by atoms with E-state index in [0.717, 1.165) is 25.9 Å². The number of hydrogen-bond donors (Lipinski definition) is 0. The van der Waals surface area contributed by atoms with Gasteiger partial charge in [-0.2, -0.15) is 0 Å². The zero-order valence-electron chi connectivity index (χ0n) is 20.0. The maximum Gasteiger partial charge on any atom is 0.222 e. The fraction of sp³-hybridized carbons (Fsp3) is 0.963. The molecule has 0 aromatic rings. The first-order valence-electron chi connectivity index (χ1n) is 13.6. The van der Waals surface area contributed by atoms with E-state index >= 15 is 0 Å². The molecule has 0 unspecified atom stereocenters. The summed E-state index contributed by atoms with van der Waals surface area (Å²) in [4.78, 5) is 14.0. The lowest BCUT2D eigenvalue weighted by atomic mass is 10.0. The highest BCUT2D eigenvalue weighted by molar-refractivity contribution is 5.76. The number of likely N-dealkylation sites (tertiary alicyclic amines) is 1. The summed E-state index contributed by atoms with van der Waals surface area (Å²) in [7, 11) is 0. The molecule has 0 aliphatic carbocycles. The Balaban J connectivity index is 1.66. The van der Waals surface area contributed by atoms with Gasteiger partial charge >= 0.3 is 0 Å². The molecular formula is C27H53NO. The first-order chi connectivity index (χ1) is 14.3. The molecule has 0 saturated carbocycles. The van der Waals surface area contributed by atoms with Gasteiger partial charge in [0.25, 0.3) is 0 Å². The molecule has 0 radical (unpaired) electrons. The minimum Gasteiger partial charge on any atom is -0.343 e. The Morgan fingerprint density at radius 2 is 0.828 bits per heavy atom. The Morgan fingerprint density at radius 1 is 0.517 bits per heavy atom. The maximum atomic E-state index is 12.0. The van der Waals surface area contributed by atoms with Crippen molar-refractivity contribution in [2.45, 2.75) is 155 Å². The van der Waals surface area contributed by atoms with Gasteiger partial charge in [0.15, 0.2) is 0 Å². The number of hydrogen-bond acceptors (Lipinski definition) is 1. The van der Waals surface area contributed by atoms with Crippen molar-refractivity contribution in [3.63, 3.8) is 0 Å². The molecule has 172 valence electrons. The minimum absolute atomic E-state index is 0.407. The van der Waals surface area contributed by atoms with Gasteiger partial charge < -0.3 is 4.90 Å².